The van der Waals surface area contributed by atoms with Crippen molar-refractivity contribution in [3.8, 4) is 0 Å². The van der Waals surface area contributed by atoms with Crippen LogP contribution in [0.3, 0.4) is 0 Å². The first-order chi connectivity index (χ1) is 12.0. The van der Waals surface area contributed by atoms with Crippen LogP contribution in [-0.2, 0) is 16.1 Å². The van der Waals surface area contributed by atoms with E-state index < -0.39 is 0 Å². The first kappa shape index (κ1) is 19.4. The number of rotatable bonds is 8. The molecule has 0 aliphatic carbocycles. The van der Waals surface area contributed by atoms with Crippen LogP contribution in [0.1, 0.15) is 11.8 Å². The summed E-state index contributed by atoms with van der Waals surface area (Å²) >= 11 is 7.66. The molecule has 0 aliphatic rings. The number of hydrogen-bond acceptors (Lipinski definition) is 4. The van der Waals surface area contributed by atoms with Gasteiger partial charge in [0, 0.05) is 11.4 Å². The molecule has 0 radical (unpaired) electrons. The zero-order chi connectivity index (χ0) is 18.2. The molecule has 0 spiro atoms. The van der Waals surface area contributed by atoms with Gasteiger partial charge in [-0.05, 0) is 37.6 Å². The first-order valence-electron chi connectivity index (χ1n) is 8.02. The fourth-order valence-electron chi connectivity index (χ4n) is 2.35. The maximum Gasteiger partial charge on any atom is 0.238 e. The normalized spacial score (nSPS) is 10.7. The molecule has 1 heterocycles. The van der Waals surface area contributed by atoms with Crippen LogP contribution in [-0.4, -0.2) is 48.3 Å². The molecule has 0 atom stereocenters. The minimum Gasteiger partial charge on any atom is -0.337 e. The number of carbonyl (C=O) groups excluding carboxylic acids is 2. The lowest BCUT2D eigenvalue weighted by Gasteiger charge is -2.23. The van der Waals surface area contributed by atoms with E-state index in [0.717, 1.165) is 4.88 Å². The van der Waals surface area contributed by atoms with Gasteiger partial charge in [0.05, 0.1) is 30.3 Å². The summed E-state index contributed by atoms with van der Waals surface area (Å²) in [6.07, 6.45) is 0. The monoisotopic (exact) mass is 379 g/mol. The van der Waals surface area contributed by atoms with Crippen molar-refractivity contribution < 1.29 is 9.59 Å². The molecule has 7 heteroatoms. The smallest absolute Gasteiger partial charge is 0.238 e. The van der Waals surface area contributed by atoms with E-state index in [4.69, 9.17) is 11.6 Å². The Kier molecular flexibility index (Phi) is 7.43. The fraction of sp³-hybridized carbons (Fsp3) is 0.333. The topological polar surface area (TPSA) is 52.7 Å². The van der Waals surface area contributed by atoms with Crippen molar-refractivity contribution in [3.63, 3.8) is 0 Å². The Morgan fingerprint density at radius 2 is 1.92 bits per heavy atom. The van der Waals surface area contributed by atoms with Crippen molar-refractivity contribution in [1.82, 2.24) is 9.80 Å². The standard InChI is InChI=1S/C18H22ClN3O2S/c1-3-22(11-14-7-6-10-25-14)18(24)13-21(2)12-17(23)20-16-9-5-4-8-15(16)19/h4-10H,3,11-13H2,1-2H3,(H,20,23). The molecule has 0 saturated heterocycles. The summed E-state index contributed by atoms with van der Waals surface area (Å²) in [6, 6.07) is 11.1. The second-order valence-electron chi connectivity index (χ2n) is 5.69. The molecule has 0 saturated carbocycles. The van der Waals surface area contributed by atoms with Crippen molar-refractivity contribution in [2.75, 3.05) is 32.0 Å². The average molecular weight is 380 g/mol. The predicted octanol–water partition coefficient (Wildman–Crippen LogP) is 3.32. The third-order valence-corrected chi connectivity index (χ3v) is 4.82. The van der Waals surface area contributed by atoms with Crippen LogP contribution in [0.25, 0.3) is 0 Å². The van der Waals surface area contributed by atoms with Crippen LogP contribution >= 0.6 is 22.9 Å². The highest BCUT2D eigenvalue weighted by Gasteiger charge is 2.17. The molecule has 0 bridgehead atoms. The van der Waals surface area contributed by atoms with Crippen LogP contribution in [0, 0.1) is 0 Å². The molecule has 134 valence electrons. The number of halogens is 1. The summed E-state index contributed by atoms with van der Waals surface area (Å²) in [5.74, 6) is -0.200. The molecule has 2 amide bonds. The second kappa shape index (κ2) is 9.56. The molecule has 0 unspecified atom stereocenters. The van der Waals surface area contributed by atoms with Crippen LogP contribution in [0.4, 0.5) is 5.69 Å². The van der Waals surface area contributed by atoms with Crippen molar-refractivity contribution in [2.24, 2.45) is 0 Å². The highest BCUT2D eigenvalue weighted by Crippen LogP contribution is 2.20. The van der Waals surface area contributed by atoms with Gasteiger partial charge in [0.2, 0.25) is 11.8 Å². The van der Waals surface area contributed by atoms with E-state index in [9.17, 15) is 9.59 Å². The number of benzene rings is 1. The van der Waals surface area contributed by atoms with E-state index in [1.165, 1.54) is 0 Å². The van der Waals surface area contributed by atoms with E-state index in [2.05, 4.69) is 5.32 Å². The van der Waals surface area contributed by atoms with Crippen molar-refractivity contribution in [2.45, 2.75) is 13.5 Å². The van der Waals surface area contributed by atoms with Gasteiger partial charge in [-0.25, -0.2) is 0 Å². The first-order valence-corrected chi connectivity index (χ1v) is 9.28. The molecule has 1 aromatic heterocycles. The quantitative estimate of drug-likeness (QED) is 0.765. The van der Waals surface area contributed by atoms with Gasteiger partial charge in [0.15, 0.2) is 0 Å². The molecule has 1 N–H and O–H groups in total. The lowest BCUT2D eigenvalue weighted by Crippen LogP contribution is -2.41. The van der Waals surface area contributed by atoms with Crippen molar-refractivity contribution in [3.05, 3.63) is 51.7 Å². The van der Waals surface area contributed by atoms with Crippen LogP contribution < -0.4 is 5.32 Å². The number of para-hydroxylation sites is 1. The van der Waals surface area contributed by atoms with Gasteiger partial charge in [-0.3, -0.25) is 14.5 Å². The lowest BCUT2D eigenvalue weighted by atomic mass is 10.3. The Balaban J connectivity index is 1.83. The van der Waals surface area contributed by atoms with Crippen LogP contribution in [0.2, 0.25) is 5.02 Å². The predicted molar refractivity (Wildman–Crippen MR) is 103 cm³/mol. The molecule has 2 rings (SSSR count). The second-order valence-corrected chi connectivity index (χ2v) is 7.13. The average Bonchev–Trinajstić information content (AvgIpc) is 3.07. The number of anilines is 1. The number of hydrogen-bond donors (Lipinski definition) is 1. The van der Waals surface area contributed by atoms with Crippen molar-refractivity contribution in [1.29, 1.82) is 0 Å². The van der Waals surface area contributed by atoms with Gasteiger partial charge in [0.1, 0.15) is 0 Å². The molecule has 2 aromatic rings. The Hall–Kier alpha value is -1.89. The largest absolute Gasteiger partial charge is 0.337 e. The Morgan fingerprint density at radius 3 is 2.56 bits per heavy atom. The van der Waals surface area contributed by atoms with E-state index >= 15 is 0 Å². The van der Waals surface area contributed by atoms with Crippen LogP contribution in [0.5, 0.6) is 0 Å². The summed E-state index contributed by atoms with van der Waals surface area (Å²) in [5, 5.41) is 5.25. The lowest BCUT2D eigenvalue weighted by molar-refractivity contribution is -0.132. The van der Waals surface area contributed by atoms with Gasteiger partial charge < -0.3 is 10.2 Å². The van der Waals surface area contributed by atoms with Gasteiger partial charge in [-0.1, -0.05) is 29.8 Å². The number of nitrogens with one attached hydrogen (secondary N) is 1. The molecule has 5 nitrogen and oxygen atoms in total. The SMILES string of the molecule is CCN(Cc1cccs1)C(=O)CN(C)CC(=O)Nc1ccccc1Cl. The highest BCUT2D eigenvalue weighted by atomic mass is 35.5. The fourth-order valence-corrected chi connectivity index (χ4v) is 3.25. The third kappa shape index (κ3) is 6.16. The van der Waals surface area contributed by atoms with Gasteiger partial charge in [0.25, 0.3) is 0 Å². The summed E-state index contributed by atoms with van der Waals surface area (Å²) in [7, 11) is 1.75. The minimum atomic E-state index is -0.204. The molecular weight excluding hydrogens is 358 g/mol. The van der Waals surface area contributed by atoms with Gasteiger partial charge >= 0.3 is 0 Å². The van der Waals surface area contributed by atoms with Gasteiger partial charge in [-0.2, -0.15) is 0 Å². The highest BCUT2D eigenvalue weighted by molar-refractivity contribution is 7.09. The molecule has 0 fully saturated rings. The number of amides is 2. The maximum absolute atomic E-state index is 12.4. The van der Waals surface area contributed by atoms with Gasteiger partial charge in [-0.15, -0.1) is 11.3 Å². The third-order valence-electron chi connectivity index (χ3n) is 3.63. The zero-order valence-electron chi connectivity index (χ0n) is 14.4. The van der Waals surface area contributed by atoms with E-state index in [1.54, 1.807) is 52.4 Å². The Labute approximate surface area is 157 Å². The summed E-state index contributed by atoms with van der Waals surface area (Å²) < 4.78 is 0. The van der Waals surface area contributed by atoms with E-state index in [0.29, 0.717) is 23.8 Å². The Bertz CT molecular complexity index is 706. The van der Waals surface area contributed by atoms with Crippen molar-refractivity contribution >= 4 is 40.4 Å². The number of nitrogens with zero attached hydrogens (tertiary/aromatic N) is 2. The summed E-state index contributed by atoms with van der Waals surface area (Å²) in [5.41, 5.74) is 0.571. The summed E-state index contributed by atoms with van der Waals surface area (Å²) in [4.78, 5) is 29.2. The Morgan fingerprint density at radius 1 is 1.16 bits per heavy atom. The molecule has 25 heavy (non-hydrogen) atoms. The zero-order valence-corrected chi connectivity index (χ0v) is 15.9. The number of carbonyl (C=O) groups is 2. The summed E-state index contributed by atoms with van der Waals surface area (Å²) in [6.45, 7) is 3.50. The molecule has 0 aliphatic heterocycles. The maximum atomic E-state index is 12.4. The molecule has 1 aromatic carbocycles. The van der Waals surface area contributed by atoms with Crippen LogP contribution in [0.15, 0.2) is 41.8 Å². The van der Waals surface area contributed by atoms with E-state index in [1.807, 2.05) is 24.4 Å². The number of thiophene rings is 1. The van der Waals surface area contributed by atoms with E-state index in [-0.39, 0.29) is 24.9 Å². The number of likely N-dealkylation sites (N-methyl/N-ethyl adjacent to an activating group) is 2. The minimum absolute atomic E-state index is 0.00365. The molecular formula is C18H22ClN3O2S.